The third-order valence-electron chi connectivity index (χ3n) is 4.94. The molecule has 2 N–H and O–H groups in total. The first-order valence-corrected chi connectivity index (χ1v) is 9.62. The van der Waals surface area contributed by atoms with Gasteiger partial charge in [0.1, 0.15) is 5.76 Å². The van der Waals surface area contributed by atoms with E-state index >= 15 is 0 Å². The van der Waals surface area contributed by atoms with Crippen LogP contribution in [0.3, 0.4) is 0 Å². The molecule has 5 nitrogen and oxygen atoms in total. The van der Waals surface area contributed by atoms with E-state index in [-0.39, 0.29) is 6.04 Å². The van der Waals surface area contributed by atoms with E-state index in [1.54, 1.807) is 6.26 Å². The number of nitrogens with one attached hydrogen (secondary N) is 2. The van der Waals surface area contributed by atoms with Gasteiger partial charge in [0.05, 0.1) is 12.3 Å². The molecule has 1 aromatic heterocycles. The standard InChI is InChI=1S/C21H30N4O/c1-22-21(23-13-12-18-9-4-2-5-10-18)24-17-19(20-11-8-16-26-20)25-14-6-3-7-15-25/h2,4-5,8-11,16,19H,3,6-7,12-15,17H2,1H3,(H2,22,23,24). The molecule has 1 aliphatic rings. The lowest BCUT2D eigenvalue weighted by atomic mass is 10.1. The van der Waals surface area contributed by atoms with Gasteiger partial charge in [-0.15, -0.1) is 0 Å². The smallest absolute Gasteiger partial charge is 0.191 e. The Hall–Kier alpha value is -2.27. The Bertz CT molecular complexity index is 648. The zero-order valence-corrected chi connectivity index (χ0v) is 15.7. The number of nitrogens with zero attached hydrogens (tertiary/aromatic N) is 2. The second-order valence-electron chi connectivity index (χ2n) is 6.74. The van der Waals surface area contributed by atoms with Crippen LogP contribution in [0.1, 0.15) is 36.6 Å². The zero-order valence-electron chi connectivity index (χ0n) is 15.7. The molecule has 0 saturated carbocycles. The van der Waals surface area contributed by atoms with Crippen LogP contribution in [0, 0.1) is 0 Å². The highest BCUT2D eigenvalue weighted by molar-refractivity contribution is 5.79. The molecule has 1 saturated heterocycles. The molecular formula is C21H30N4O. The van der Waals surface area contributed by atoms with Gasteiger partial charge in [0, 0.05) is 20.1 Å². The fourth-order valence-corrected chi connectivity index (χ4v) is 3.50. The van der Waals surface area contributed by atoms with Gasteiger partial charge < -0.3 is 15.1 Å². The molecular weight excluding hydrogens is 324 g/mol. The van der Waals surface area contributed by atoms with Gasteiger partial charge in [-0.1, -0.05) is 36.8 Å². The van der Waals surface area contributed by atoms with Gasteiger partial charge in [-0.3, -0.25) is 9.89 Å². The molecule has 1 atom stereocenters. The maximum Gasteiger partial charge on any atom is 0.191 e. The van der Waals surface area contributed by atoms with E-state index in [4.69, 9.17) is 4.42 Å². The number of benzene rings is 1. The predicted molar refractivity (Wildman–Crippen MR) is 106 cm³/mol. The summed E-state index contributed by atoms with van der Waals surface area (Å²) >= 11 is 0. The van der Waals surface area contributed by atoms with Crippen LogP contribution >= 0.6 is 0 Å². The topological polar surface area (TPSA) is 52.8 Å². The Morgan fingerprint density at radius 1 is 1.08 bits per heavy atom. The number of guanidine groups is 1. The van der Waals surface area contributed by atoms with Crippen molar-refractivity contribution in [1.29, 1.82) is 0 Å². The van der Waals surface area contributed by atoms with Crippen LogP contribution in [0.25, 0.3) is 0 Å². The molecule has 5 heteroatoms. The SMILES string of the molecule is CN=C(NCCc1ccccc1)NCC(c1ccco1)N1CCCCC1. The molecule has 1 aliphatic heterocycles. The molecule has 2 heterocycles. The molecule has 140 valence electrons. The van der Waals surface area contributed by atoms with E-state index in [0.717, 1.165) is 44.3 Å². The van der Waals surface area contributed by atoms with E-state index in [1.165, 1.54) is 24.8 Å². The van der Waals surface area contributed by atoms with Crippen LogP contribution < -0.4 is 10.6 Å². The molecule has 26 heavy (non-hydrogen) atoms. The van der Waals surface area contributed by atoms with E-state index in [1.807, 2.05) is 19.2 Å². The van der Waals surface area contributed by atoms with Crippen molar-refractivity contribution in [2.24, 2.45) is 4.99 Å². The van der Waals surface area contributed by atoms with Crippen LogP contribution in [0.2, 0.25) is 0 Å². The Kier molecular flexibility index (Phi) is 7.14. The number of likely N-dealkylation sites (tertiary alicyclic amines) is 1. The monoisotopic (exact) mass is 354 g/mol. The Labute approximate surface area is 156 Å². The largest absolute Gasteiger partial charge is 0.468 e. The van der Waals surface area contributed by atoms with Crippen molar-refractivity contribution in [1.82, 2.24) is 15.5 Å². The summed E-state index contributed by atoms with van der Waals surface area (Å²) in [6.07, 6.45) is 6.61. The van der Waals surface area contributed by atoms with E-state index < -0.39 is 0 Å². The molecule has 1 unspecified atom stereocenters. The van der Waals surface area contributed by atoms with Gasteiger partial charge in [0.15, 0.2) is 5.96 Å². The highest BCUT2D eigenvalue weighted by Gasteiger charge is 2.24. The second-order valence-corrected chi connectivity index (χ2v) is 6.74. The Balaban J connectivity index is 1.51. The van der Waals surface area contributed by atoms with Crippen LogP contribution in [-0.2, 0) is 6.42 Å². The van der Waals surface area contributed by atoms with Crippen molar-refractivity contribution < 1.29 is 4.42 Å². The van der Waals surface area contributed by atoms with E-state index in [0.29, 0.717) is 0 Å². The first-order chi connectivity index (χ1) is 12.9. The summed E-state index contributed by atoms with van der Waals surface area (Å²) in [4.78, 5) is 6.88. The van der Waals surface area contributed by atoms with Crippen LogP contribution in [0.5, 0.6) is 0 Å². The lowest BCUT2D eigenvalue weighted by molar-refractivity contribution is 0.146. The van der Waals surface area contributed by atoms with Crippen molar-refractivity contribution in [3.8, 4) is 0 Å². The summed E-state index contributed by atoms with van der Waals surface area (Å²) in [6.45, 7) is 3.91. The molecule has 0 bridgehead atoms. The molecule has 1 aromatic carbocycles. The van der Waals surface area contributed by atoms with Crippen molar-refractivity contribution in [2.75, 3.05) is 33.2 Å². The summed E-state index contributed by atoms with van der Waals surface area (Å²) in [6, 6.07) is 14.8. The molecule has 0 amide bonds. The number of furan rings is 1. The average Bonchev–Trinajstić information content (AvgIpc) is 3.23. The maximum absolute atomic E-state index is 5.71. The highest BCUT2D eigenvalue weighted by atomic mass is 16.3. The van der Waals surface area contributed by atoms with Crippen LogP contribution in [-0.4, -0.2) is 44.1 Å². The van der Waals surface area contributed by atoms with Gasteiger partial charge >= 0.3 is 0 Å². The minimum absolute atomic E-state index is 0.248. The van der Waals surface area contributed by atoms with Gasteiger partial charge in [0.2, 0.25) is 0 Å². The van der Waals surface area contributed by atoms with Gasteiger partial charge in [-0.2, -0.15) is 0 Å². The predicted octanol–water partition coefficient (Wildman–Crippen LogP) is 3.21. The fourth-order valence-electron chi connectivity index (χ4n) is 3.50. The second kappa shape index (κ2) is 10.0. The molecule has 3 rings (SSSR count). The maximum atomic E-state index is 5.71. The van der Waals surface area contributed by atoms with Crippen LogP contribution in [0.15, 0.2) is 58.1 Å². The number of piperidine rings is 1. The van der Waals surface area contributed by atoms with Crippen LogP contribution in [0.4, 0.5) is 0 Å². The minimum atomic E-state index is 0.248. The molecule has 0 aliphatic carbocycles. The first-order valence-electron chi connectivity index (χ1n) is 9.62. The summed E-state index contributed by atoms with van der Waals surface area (Å²) in [5, 5.41) is 6.89. The van der Waals surface area contributed by atoms with Crippen molar-refractivity contribution in [3.63, 3.8) is 0 Å². The van der Waals surface area contributed by atoms with Crippen molar-refractivity contribution in [2.45, 2.75) is 31.7 Å². The van der Waals surface area contributed by atoms with Gasteiger partial charge in [-0.05, 0) is 50.0 Å². The average molecular weight is 354 g/mol. The molecule has 1 fully saturated rings. The Morgan fingerprint density at radius 2 is 1.88 bits per heavy atom. The third-order valence-corrected chi connectivity index (χ3v) is 4.94. The fraction of sp³-hybridized carbons (Fsp3) is 0.476. The zero-order chi connectivity index (χ0) is 18.0. The number of hydrogen-bond acceptors (Lipinski definition) is 3. The lowest BCUT2D eigenvalue weighted by Gasteiger charge is -2.33. The minimum Gasteiger partial charge on any atom is -0.468 e. The molecule has 0 spiro atoms. The highest BCUT2D eigenvalue weighted by Crippen LogP contribution is 2.24. The van der Waals surface area contributed by atoms with Crippen molar-refractivity contribution in [3.05, 3.63) is 60.1 Å². The van der Waals surface area contributed by atoms with Crippen molar-refractivity contribution >= 4 is 5.96 Å². The molecule has 0 radical (unpaired) electrons. The van der Waals surface area contributed by atoms with Gasteiger partial charge in [-0.25, -0.2) is 0 Å². The summed E-state index contributed by atoms with van der Waals surface area (Å²) in [5.41, 5.74) is 1.33. The van der Waals surface area contributed by atoms with Gasteiger partial charge in [0.25, 0.3) is 0 Å². The van der Waals surface area contributed by atoms with E-state index in [2.05, 4.69) is 50.9 Å². The normalized spacial score (nSPS) is 17.0. The Morgan fingerprint density at radius 3 is 2.58 bits per heavy atom. The van der Waals surface area contributed by atoms with E-state index in [9.17, 15) is 0 Å². The first kappa shape index (κ1) is 18.5. The summed E-state index contributed by atoms with van der Waals surface area (Å²) < 4.78 is 5.71. The summed E-state index contributed by atoms with van der Waals surface area (Å²) in [5.74, 6) is 1.87. The summed E-state index contributed by atoms with van der Waals surface area (Å²) in [7, 11) is 1.82. The number of hydrogen-bond donors (Lipinski definition) is 2. The molecule has 2 aromatic rings. The number of aliphatic imine (C=N–C) groups is 1. The number of rotatable bonds is 7. The third kappa shape index (κ3) is 5.36. The lowest BCUT2D eigenvalue weighted by Crippen LogP contribution is -2.44. The quantitative estimate of drug-likeness (QED) is 0.592.